The van der Waals surface area contributed by atoms with E-state index in [2.05, 4.69) is 164 Å². The van der Waals surface area contributed by atoms with E-state index in [1.165, 1.54) is 33.4 Å². The molecule has 0 fully saturated rings. The highest BCUT2D eigenvalue weighted by Crippen LogP contribution is 2.40. The van der Waals surface area contributed by atoms with E-state index in [1.54, 1.807) is 0 Å². The Labute approximate surface area is 255 Å². The minimum Gasteiger partial charge on any atom is -0.356 e. The van der Waals surface area contributed by atoms with E-state index in [4.69, 9.17) is 0 Å². The third kappa shape index (κ3) is 6.63. The van der Waals surface area contributed by atoms with Crippen LogP contribution in [0.4, 0.5) is 34.1 Å². The Kier molecular flexibility index (Phi) is 8.24. The van der Waals surface area contributed by atoms with E-state index in [0.29, 0.717) is 0 Å². The molecule has 0 aromatic heterocycles. The minimum atomic E-state index is 0.0855. The van der Waals surface area contributed by atoms with Crippen LogP contribution >= 0.6 is 0 Å². The van der Waals surface area contributed by atoms with Gasteiger partial charge in [0, 0.05) is 40.0 Å². The van der Waals surface area contributed by atoms with Crippen molar-refractivity contribution in [3.8, 4) is 0 Å². The number of anilines is 6. The fourth-order valence-corrected chi connectivity index (χ4v) is 5.80. The third-order valence-electron chi connectivity index (χ3n) is 7.93. The number of aryl methyl sites for hydroxylation is 3. The van der Waals surface area contributed by atoms with Crippen molar-refractivity contribution in [2.75, 3.05) is 16.0 Å². The Bertz CT molecular complexity index is 1600. The van der Waals surface area contributed by atoms with Crippen molar-refractivity contribution < 1.29 is 0 Å². The van der Waals surface area contributed by atoms with E-state index in [9.17, 15) is 0 Å². The van der Waals surface area contributed by atoms with Gasteiger partial charge in [-0.25, -0.2) is 0 Å². The molecule has 3 nitrogen and oxygen atoms in total. The first-order chi connectivity index (χ1) is 21.0. The topological polar surface area (TPSA) is 36.1 Å². The van der Waals surface area contributed by atoms with E-state index in [-0.39, 0.29) is 5.92 Å². The van der Waals surface area contributed by atoms with Gasteiger partial charge in [0.1, 0.15) is 0 Å². The predicted molar refractivity (Wildman–Crippen MR) is 184 cm³/mol. The van der Waals surface area contributed by atoms with E-state index in [0.717, 1.165) is 34.1 Å². The van der Waals surface area contributed by atoms with Crippen molar-refractivity contribution in [2.24, 2.45) is 0 Å². The van der Waals surface area contributed by atoms with Crippen molar-refractivity contribution in [1.82, 2.24) is 0 Å². The lowest BCUT2D eigenvalue weighted by Crippen LogP contribution is -2.10. The van der Waals surface area contributed by atoms with E-state index in [1.807, 2.05) is 18.2 Å². The van der Waals surface area contributed by atoms with Gasteiger partial charge in [-0.2, -0.15) is 0 Å². The molecule has 0 saturated heterocycles. The van der Waals surface area contributed by atoms with Crippen LogP contribution in [0.1, 0.15) is 39.3 Å². The SMILES string of the molecule is Cc1cc(Nc2ccccc2)ccc1C(c1ccc(Nc2ccccc2)cc1C)c1ccc(Nc2ccccc2)cc1C. The highest BCUT2D eigenvalue weighted by atomic mass is 14.9. The smallest absolute Gasteiger partial charge is 0.0387 e. The number of hydrogen-bond acceptors (Lipinski definition) is 3. The molecule has 212 valence electrons. The molecule has 0 heterocycles. The summed E-state index contributed by atoms with van der Waals surface area (Å²) in [6.45, 7) is 6.67. The maximum atomic E-state index is 3.56. The zero-order valence-corrected chi connectivity index (χ0v) is 24.9. The molecule has 0 amide bonds. The molecular weight excluding hydrogens is 522 g/mol. The standard InChI is InChI=1S/C40H37N3/c1-28-25-34(41-31-13-7-4-8-14-31)19-22-37(28)40(38-23-20-35(26-29(38)2)42-32-15-9-5-10-16-32)39-24-21-36(27-30(39)3)43-33-17-11-6-12-18-33/h4-27,40-43H,1-3H3. The summed E-state index contributed by atoms with van der Waals surface area (Å²) in [4.78, 5) is 0. The first-order valence-corrected chi connectivity index (χ1v) is 14.8. The molecule has 0 radical (unpaired) electrons. The molecule has 0 aliphatic carbocycles. The number of rotatable bonds is 9. The number of benzene rings is 6. The fourth-order valence-electron chi connectivity index (χ4n) is 5.80. The van der Waals surface area contributed by atoms with Crippen LogP contribution in [0.25, 0.3) is 0 Å². The first kappa shape index (κ1) is 27.9. The average molecular weight is 560 g/mol. The summed E-state index contributed by atoms with van der Waals surface area (Å²) in [6.07, 6.45) is 0. The second-order valence-corrected chi connectivity index (χ2v) is 11.1. The lowest BCUT2D eigenvalue weighted by atomic mass is 9.79. The Morgan fingerprint density at radius 3 is 0.860 bits per heavy atom. The van der Waals surface area contributed by atoms with E-state index < -0.39 is 0 Å². The Morgan fingerprint density at radius 1 is 0.326 bits per heavy atom. The quantitative estimate of drug-likeness (QED) is 0.154. The molecule has 0 atom stereocenters. The fraction of sp³-hybridized carbons (Fsp3) is 0.100. The molecule has 0 bridgehead atoms. The van der Waals surface area contributed by atoms with Crippen LogP contribution in [-0.2, 0) is 0 Å². The second-order valence-electron chi connectivity index (χ2n) is 11.1. The van der Waals surface area contributed by atoms with Crippen LogP contribution in [0.2, 0.25) is 0 Å². The molecule has 6 aromatic rings. The zero-order chi connectivity index (χ0) is 29.6. The first-order valence-electron chi connectivity index (χ1n) is 14.8. The summed E-state index contributed by atoms with van der Waals surface area (Å²) in [6, 6.07) is 51.2. The molecular formula is C40H37N3. The number of nitrogens with one attached hydrogen (secondary N) is 3. The summed E-state index contributed by atoms with van der Waals surface area (Å²) < 4.78 is 0. The summed E-state index contributed by atoms with van der Waals surface area (Å²) in [5.74, 6) is 0.0855. The molecule has 6 rings (SSSR count). The third-order valence-corrected chi connectivity index (χ3v) is 7.93. The van der Waals surface area contributed by atoms with Crippen LogP contribution in [0.3, 0.4) is 0 Å². The highest BCUT2D eigenvalue weighted by Gasteiger charge is 2.23. The van der Waals surface area contributed by atoms with Crippen LogP contribution in [0, 0.1) is 20.8 Å². The summed E-state index contributed by atoms with van der Waals surface area (Å²) in [7, 11) is 0. The van der Waals surface area contributed by atoms with Crippen molar-refractivity contribution in [2.45, 2.75) is 26.7 Å². The molecule has 0 aliphatic rings. The van der Waals surface area contributed by atoms with Crippen LogP contribution in [0.5, 0.6) is 0 Å². The van der Waals surface area contributed by atoms with Gasteiger partial charge in [0.05, 0.1) is 0 Å². The van der Waals surface area contributed by atoms with Gasteiger partial charge in [-0.1, -0.05) is 72.8 Å². The summed E-state index contributed by atoms with van der Waals surface area (Å²) >= 11 is 0. The molecule has 0 unspecified atom stereocenters. The Hall–Kier alpha value is -5.28. The minimum absolute atomic E-state index is 0.0855. The molecule has 3 N–H and O–H groups in total. The normalized spacial score (nSPS) is 10.9. The summed E-state index contributed by atoms with van der Waals surface area (Å²) in [5.41, 5.74) is 14.2. The monoisotopic (exact) mass is 559 g/mol. The van der Waals surface area contributed by atoms with Crippen molar-refractivity contribution >= 4 is 34.1 Å². The van der Waals surface area contributed by atoms with Gasteiger partial charge in [-0.3, -0.25) is 0 Å². The zero-order valence-electron chi connectivity index (χ0n) is 24.9. The van der Waals surface area contributed by atoms with Crippen LogP contribution in [0.15, 0.2) is 146 Å². The van der Waals surface area contributed by atoms with E-state index >= 15 is 0 Å². The molecule has 0 aliphatic heterocycles. The molecule has 3 heteroatoms. The molecule has 0 saturated carbocycles. The average Bonchev–Trinajstić information content (AvgIpc) is 3.01. The number of para-hydroxylation sites is 3. The van der Waals surface area contributed by atoms with Gasteiger partial charge in [0.25, 0.3) is 0 Å². The molecule has 6 aromatic carbocycles. The lowest BCUT2D eigenvalue weighted by Gasteiger charge is -2.26. The molecule has 0 spiro atoms. The van der Waals surface area contributed by atoms with Crippen LogP contribution < -0.4 is 16.0 Å². The van der Waals surface area contributed by atoms with Gasteiger partial charge in [-0.15, -0.1) is 0 Å². The van der Waals surface area contributed by atoms with Crippen molar-refractivity contribution in [3.63, 3.8) is 0 Å². The lowest BCUT2D eigenvalue weighted by molar-refractivity contribution is 0.938. The summed E-state index contributed by atoms with van der Waals surface area (Å²) in [5, 5.41) is 10.7. The Balaban J connectivity index is 1.38. The largest absolute Gasteiger partial charge is 0.356 e. The van der Waals surface area contributed by atoms with Gasteiger partial charge >= 0.3 is 0 Å². The molecule has 43 heavy (non-hydrogen) atoms. The van der Waals surface area contributed by atoms with Gasteiger partial charge in [0.2, 0.25) is 0 Å². The van der Waals surface area contributed by atoms with Crippen molar-refractivity contribution in [3.05, 3.63) is 179 Å². The Morgan fingerprint density at radius 2 is 0.605 bits per heavy atom. The van der Waals surface area contributed by atoms with Crippen molar-refractivity contribution in [1.29, 1.82) is 0 Å². The van der Waals surface area contributed by atoms with Gasteiger partial charge < -0.3 is 16.0 Å². The predicted octanol–water partition coefficient (Wildman–Crippen LogP) is 11.0. The second kappa shape index (κ2) is 12.7. The van der Waals surface area contributed by atoms with Gasteiger partial charge in [-0.05, 0) is 127 Å². The maximum absolute atomic E-state index is 3.56. The highest BCUT2D eigenvalue weighted by molar-refractivity contribution is 5.66. The number of hydrogen-bond donors (Lipinski definition) is 3. The van der Waals surface area contributed by atoms with Crippen LogP contribution in [-0.4, -0.2) is 0 Å². The maximum Gasteiger partial charge on any atom is 0.0387 e. The van der Waals surface area contributed by atoms with Gasteiger partial charge in [0.15, 0.2) is 0 Å².